The molecule has 0 N–H and O–H groups in total. The number of rotatable bonds is 2. The molecule has 2 heterocycles. The lowest BCUT2D eigenvalue weighted by Gasteiger charge is -2.22. The highest BCUT2D eigenvalue weighted by molar-refractivity contribution is 5.95. The summed E-state index contributed by atoms with van der Waals surface area (Å²) in [5, 5.41) is 0. The number of furan rings is 1. The Hall–Kier alpha value is -1.78. The molecule has 2 amide bonds. The van der Waals surface area contributed by atoms with Crippen LogP contribution in [-0.2, 0) is 4.79 Å². The maximum absolute atomic E-state index is 12.4. The van der Waals surface area contributed by atoms with Gasteiger partial charge in [-0.05, 0) is 32.3 Å². The molecule has 1 saturated carbocycles. The van der Waals surface area contributed by atoms with Gasteiger partial charge >= 0.3 is 0 Å². The Bertz CT molecular complexity index is 519. The van der Waals surface area contributed by atoms with E-state index in [-0.39, 0.29) is 17.7 Å². The van der Waals surface area contributed by atoms with Gasteiger partial charge in [-0.2, -0.15) is 0 Å². The van der Waals surface area contributed by atoms with Crippen molar-refractivity contribution in [1.29, 1.82) is 0 Å². The number of carbonyl (C=O) groups excluding carboxylic acids is 2. The standard InChI is InChI=1S/C15H20N2O3/c1-11-13(5-10-20-11)15(19)17-7-2-6-16(8-9-17)14(18)12-3-4-12/h5,10,12H,2-4,6-9H2,1H3. The summed E-state index contributed by atoms with van der Waals surface area (Å²) in [4.78, 5) is 28.3. The van der Waals surface area contributed by atoms with Crippen molar-refractivity contribution in [2.24, 2.45) is 5.92 Å². The van der Waals surface area contributed by atoms with Crippen LogP contribution >= 0.6 is 0 Å². The van der Waals surface area contributed by atoms with E-state index in [1.165, 1.54) is 0 Å². The van der Waals surface area contributed by atoms with Crippen LogP contribution in [0.25, 0.3) is 0 Å². The Morgan fingerprint density at radius 1 is 1.15 bits per heavy atom. The van der Waals surface area contributed by atoms with E-state index in [2.05, 4.69) is 0 Å². The summed E-state index contributed by atoms with van der Waals surface area (Å²) in [5.74, 6) is 1.20. The molecular formula is C15H20N2O3. The van der Waals surface area contributed by atoms with Crippen LogP contribution in [0.15, 0.2) is 16.7 Å². The van der Waals surface area contributed by atoms with Gasteiger partial charge in [0.25, 0.3) is 5.91 Å². The third-order valence-electron chi connectivity index (χ3n) is 4.11. The Morgan fingerprint density at radius 3 is 2.50 bits per heavy atom. The first-order valence-corrected chi connectivity index (χ1v) is 7.29. The van der Waals surface area contributed by atoms with E-state index in [0.717, 1.165) is 25.8 Å². The average molecular weight is 276 g/mol. The normalized spacial score (nSPS) is 19.9. The third-order valence-corrected chi connectivity index (χ3v) is 4.11. The predicted octanol–water partition coefficient (Wildman–Crippen LogP) is 1.67. The van der Waals surface area contributed by atoms with E-state index < -0.39 is 0 Å². The van der Waals surface area contributed by atoms with E-state index in [1.807, 2.05) is 9.80 Å². The summed E-state index contributed by atoms with van der Waals surface area (Å²) in [6.45, 7) is 4.54. The third kappa shape index (κ3) is 2.57. The van der Waals surface area contributed by atoms with Gasteiger partial charge in [0, 0.05) is 32.1 Å². The van der Waals surface area contributed by atoms with E-state index in [0.29, 0.717) is 31.0 Å². The fourth-order valence-corrected chi connectivity index (χ4v) is 2.71. The van der Waals surface area contributed by atoms with Gasteiger partial charge in [0.2, 0.25) is 5.91 Å². The minimum atomic E-state index is 0.0111. The first-order valence-electron chi connectivity index (χ1n) is 7.29. The maximum Gasteiger partial charge on any atom is 0.257 e. The summed E-state index contributed by atoms with van der Waals surface area (Å²) < 4.78 is 5.19. The second kappa shape index (κ2) is 5.31. The van der Waals surface area contributed by atoms with Gasteiger partial charge < -0.3 is 14.2 Å². The summed E-state index contributed by atoms with van der Waals surface area (Å²) >= 11 is 0. The number of carbonyl (C=O) groups is 2. The Labute approximate surface area is 118 Å². The van der Waals surface area contributed by atoms with E-state index in [9.17, 15) is 9.59 Å². The van der Waals surface area contributed by atoms with E-state index in [1.54, 1.807) is 19.3 Å². The minimum Gasteiger partial charge on any atom is -0.469 e. The Balaban J connectivity index is 1.63. The molecule has 2 fully saturated rings. The second-order valence-corrected chi connectivity index (χ2v) is 5.64. The molecule has 1 saturated heterocycles. The molecule has 0 spiro atoms. The van der Waals surface area contributed by atoms with Crippen LogP contribution in [0.3, 0.4) is 0 Å². The molecule has 0 radical (unpaired) electrons. The van der Waals surface area contributed by atoms with Gasteiger partial charge in [-0.15, -0.1) is 0 Å². The quantitative estimate of drug-likeness (QED) is 0.825. The lowest BCUT2D eigenvalue weighted by molar-refractivity contribution is -0.132. The Kier molecular flexibility index (Phi) is 3.51. The first kappa shape index (κ1) is 13.2. The van der Waals surface area contributed by atoms with Crippen molar-refractivity contribution in [2.75, 3.05) is 26.2 Å². The predicted molar refractivity (Wildman–Crippen MR) is 73.3 cm³/mol. The smallest absolute Gasteiger partial charge is 0.257 e. The van der Waals surface area contributed by atoms with Crippen molar-refractivity contribution in [2.45, 2.75) is 26.2 Å². The maximum atomic E-state index is 12.4. The van der Waals surface area contributed by atoms with Crippen LogP contribution in [0.4, 0.5) is 0 Å². The van der Waals surface area contributed by atoms with Crippen molar-refractivity contribution >= 4 is 11.8 Å². The van der Waals surface area contributed by atoms with Crippen molar-refractivity contribution in [1.82, 2.24) is 9.80 Å². The number of aryl methyl sites for hydroxylation is 1. The SMILES string of the molecule is Cc1occc1C(=O)N1CCCN(C(=O)C2CC2)CC1. The van der Waals surface area contributed by atoms with Crippen LogP contribution in [-0.4, -0.2) is 47.8 Å². The topological polar surface area (TPSA) is 53.8 Å². The minimum absolute atomic E-state index is 0.0111. The molecule has 1 aromatic heterocycles. The van der Waals surface area contributed by atoms with Crippen molar-refractivity contribution in [3.05, 3.63) is 23.7 Å². The zero-order chi connectivity index (χ0) is 14.1. The van der Waals surface area contributed by atoms with Gasteiger partial charge in [-0.1, -0.05) is 0 Å². The number of hydrogen-bond donors (Lipinski definition) is 0. The first-order chi connectivity index (χ1) is 9.66. The zero-order valence-electron chi connectivity index (χ0n) is 11.8. The number of nitrogens with zero attached hydrogens (tertiary/aromatic N) is 2. The molecular weight excluding hydrogens is 256 g/mol. The van der Waals surface area contributed by atoms with E-state index in [4.69, 9.17) is 4.42 Å². The van der Waals surface area contributed by atoms with Crippen molar-refractivity contribution in [3.63, 3.8) is 0 Å². The largest absolute Gasteiger partial charge is 0.469 e. The zero-order valence-corrected chi connectivity index (χ0v) is 11.8. The van der Waals surface area contributed by atoms with Gasteiger partial charge in [0.1, 0.15) is 5.76 Å². The van der Waals surface area contributed by atoms with E-state index >= 15 is 0 Å². The molecule has 1 aromatic rings. The molecule has 0 atom stereocenters. The van der Waals surface area contributed by atoms with Crippen LogP contribution in [0.5, 0.6) is 0 Å². The molecule has 0 unspecified atom stereocenters. The fourth-order valence-electron chi connectivity index (χ4n) is 2.71. The molecule has 0 aromatic carbocycles. The molecule has 5 nitrogen and oxygen atoms in total. The molecule has 1 aliphatic carbocycles. The molecule has 2 aliphatic rings. The highest BCUT2D eigenvalue weighted by atomic mass is 16.3. The lowest BCUT2D eigenvalue weighted by Crippen LogP contribution is -2.38. The number of amides is 2. The molecule has 1 aliphatic heterocycles. The molecule has 0 bridgehead atoms. The molecule has 20 heavy (non-hydrogen) atoms. The summed E-state index contributed by atoms with van der Waals surface area (Å²) in [5.41, 5.74) is 0.631. The summed E-state index contributed by atoms with van der Waals surface area (Å²) in [6, 6.07) is 1.72. The van der Waals surface area contributed by atoms with Crippen LogP contribution < -0.4 is 0 Å². The average Bonchev–Trinajstić information content (AvgIpc) is 3.23. The molecule has 108 valence electrons. The van der Waals surface area contributed by atoms with Crippen molar-refractivity contribution < 1.29 is 14.0 Å². The molecule has 5 heteroatoms. The summed E-state index contributed by atoms with van der Waals surface area (Å²) in [7, 11) is 0. The molecule has 3 rings (SSSR count). The Morgan fingerprint density at radius 2 is 1.85 bits per heavy atom. The van der Waals surface area contributed by atoms with Crippen molar-refractivity contribution in [3.8, 4) is 0 Å². The van der Waals surface area contributed by atoms with Gasteiger partial charge in [0.15, 0.2) is 0 Å². The lowest BCUT2D eigenvalue weighted by atomic mass is 10.2. The van der Waals surface area contributed by atoms with Gasteiger partial charge in [-0.25, -0.2) is 0 Å². The number of hydrogen-bond acceptors (Lipinski definition) is 3. The van der Waals surface area contributed by atoms with Crippen LogP contribution in [0.2, 0.25) is 0 Å². The van der Waals surface area contributed by atoms with Crippen LogP contribution in [0, 0.1) is 12.8 Å². The van der Waals surface area contributed by atoms with Crippen LogP contribution in [0.1, 0.15) is 35.4 Å². The monoisotopic (exact) mass is 276 g/mol. The van der Waals surface area contributed by atoms with Gasteiger partial charge in [0.05, 0.1) is 11.8 Å². The second-order valence-electron chi connectivity index (χ2n) is 5.64. The highest BCUT2D eigenvalue weighted by Crippen LogP contribution is 2.31. The summed E-state index contributed by atoms with van der Waals surface area (Å²) in [6.07, 6.45) is 4.46. The fraction of sp³-hybridized carbons (Fsp3) is 0.600. The highest BCUT2D eigenvalue weighted by Gasteiger charge is 2.34. The van der Waals surface area contributed by atoms with Gasteiger partial charge in [-0.3, -0.25) is 9.59 Å².